The van der Waals surface area contributed by atoms with Crippen molar-refractivity contribution < 1.29 is 19.1 Å². The van der Waals surface area contributed by atoms with Crippen molar-refractivity contribution in [3.8, 4) is 11.4 Å². The van der Waals surface area contributed by atoms with E-state index in [-0.39, 0.29) is 6.61 Å². The van der Waals surface area contributed by atoms with Crippen molar-refractivity contribution in [1.82, 2.24) is 9.78 Å². The average Bonchev–Trinajstić information content (AvgIpc) is 3.07. The molecule has 1 heterocycles. The third-order valence-electron chi connectivity index (χ3n) is 4.58. The summed E-state index contributed by atoms with van der Waals surface area (Å²) in [6, 6.07) is 15.1. The number of ether oxygens (including phenoxy) is 2. The van der Waals surface area contributed by atoms with Crippen molar-refractivity contribution >= 4 is 17.7 Å². The summed E-state index contributed by atoms with van der Waals surface area (Å²) in [6.45, 7) is 7.12. The van der Waals surface area contributed by atoms with Crippen LogP contribution in [-0.2, 0) is 14.3 Å². The summed E-state index contributed by atoms with van der Waals surface area (Å²) in [4.78, 5) is 24.2. The van der Waals surface area contributed by atoms with Gasteiger partial charge in [0.15, 0.2) is 13.2 Å². The molecule has 7 heteroatoms. The van der Waals surface area contributed by atoms with Gasteiger partial charge in [0.2, 0.25) is 0 Å². The molecule has 1 N–H and O–H groups in total. The smallest absolute Gasteiger partial charge is 0.344 e. The number of carbonyl (C=O) groups is 2. The lowest BCUT2D eigenvalue weighted by atomic mass is 10.1. The molecule has 0 atom stereocenters. The second-order valence-corrected chi connectivity index (χ2v) is 7.16. The number of amides is 1. The Labute approximate surface area is 175 Å². The molecule has 2 aromatic carbocycles. The van der Waals surface area contributed by atoms with E-state index in [0.29, 0.717) is 11.6 Å². The van der Waals surface area contributed by atoms with E-state index < -0.39 is 18.5 Å². The number of hydrogen-bond acceptors (Lipinski definition) is 5. The Morgan fingerprint density at radius 2 is 1.67 bits per heavy atom. The van der Waals surface area contributed by atoms with Crippen molar-refractivity contribution in [2.24, 2.45) is 0 Å². The number of aryl methyl sites for hydroxylation is 4. The number of carbonyl (C=O) groups excluding carboxylic acids is 2. The minimum Gasteiger partial charge on any atom is -0.482 e. The second kappa shape index (κ2) is 9.26. The van der Waals surface area contributed by atoms with Gasteiger partial charge in [0.25, 0.3) is 5.91 Å². The largest absolute Gasteiger partial charge is 0.482 e. The van der Waals surface area contributed by atoms with Gasteiger partial charge < -0.3 is 14.8 Å². The van der Waals surface area contributed by atoms with Crippen LogP contribution in [0.1, 0.15) is 22.4 Å². The van der Waals surface area contributed by atoms with Crippen LogP contribution in [0.5, 0.6) is 5.75 Å². The van der Waals surface area contributed by atoms with Gasteiger partial charge in [-0.25, -0.2) is 9.48 Å². The standard InChI is InChI=1S/C23H25N3O4/c1-15-5-8-19(9-6-15)26-21(12-18(4)25-26)24-22(27)13-30-23(28)14-29-20-10-7-16(2)17(3)11-20/h5-12H,13-14H2,1-4H3,(H,24,27). The fraction of sp³-hybridized carbons (Fsp3) is 0.261. The van der Waals surface area contributed by atoms with Gasteiger partial charge in [0, 0.05) is 6.07 Å². The highest BCUT2D eigenvalue weighted by Crippen LogP contribution is 2.18. The van der Waals surface area contributed by atoms with Crippen LogP contribution in [0.3, 0.4) is 0 Å². The van der Waals surface area contributed by atoms with Gasteiger partial charge in [-0.3, -0.25) is 4.79 Å². The zero-order valence-corrected chi connectivity index (χ0v) is 17.6. The Balaban J connectivity index is 1.53. The topological polar surface area (TPSA) is 82.5 Å². The Morgan fingerprint density at radius 1 is 0.933 bits per heavy atom. The average molecular weight is 407 g/mol. The van der Waals surface area contributed by atoms with E-state index in [1.165, 1.54) is 0 Å². The number of hydrogen-bond donors (Lipinski definition) is 1. The molecule has 0 bridgehead atoms. The van der Waals surface area contributed by atoms with Gasteiger partial charge in [-0.05, 0) is 63.1 Å². The van der Waals surface area contributed by atoms with Crippen LogP contribution in [-0.4, -0.2) is 34.9 Å². The molecule has 0 spiro atoms. The number of esters is 1. The van der Waals surface area contributed by atoms with Crippen LogP contribution in [0.15, 0.2) is 48.5 Å². The summed E-state index contributed by atoms with van der Waals surface area (Å²) in [5.41, 5.74) is 4.91. The number of benzene rings is 2. The molecule has 0 aliphatic rings. The minimum atomic E-state index is -0.619. The first-order valence-corrected chi connectivity index (χ1v) is 9.61. The summed E-state index contributed by atoms with van der Waals surface area (Å²) in [5, 5.41) is 7.14. The van der Waals surface area contributed by atoms with Gasteiger partial charge in [0.05, 0.1) is 11.4 Å². The molecule has 1 aromatic heterocycles. The molecular weight excluding hydrogens is 382 g/mol. The summed E-state index contributed by atoms with van der Waals surface area (Å²) in [6.07, 6.45) is 0. The molecule has 7 nitrogen and oxygen atoms in total. The van der Waals surface area contributed by atoms with Crippen LogP contribution < -0.4 is 10.1 Å². The maximum atomic E-state index is 12.2. The zero-order chi connectivity index (χ0) is 21.7. The lowest BCUT2D eigenvalue weighted by molar-refractivity contribution is -0.149. The third kappa shape index (κ3) is 5.47. The molecule has 0 fully saturated rings. The molecule has 0 saturated heterocycles. The van der Waals surface area contributed by atoms with Crippen LogP contribution in [0.2, 0.25) is 0 Å². The van der Waals surface area contributed by atoms with Crippen molar-refractivity contribution in [3.05, 3.63) is 70.9 Å². The van der Waals surface area contributed by atoms with E-state index in [4.69, 9.17) is 9.47 Å². The maximum absolute atomic E-state index is 12.2. The van der Waals surface area contributed by atoms with Crippen LogP contribution in [0.4, 0.5) is 5.82 Å². The van der Waals surface area contributed by atoms with Gasteiger partial charge in [0.1, 0.15) is 11.6 Å². The molecular formula is C23H25N3O4. The number of nitrogens with zero attached hydrogens (tertiary/aromatic N) is 2. The molecule has 156 valence electrons. The second-order valence-electron chi connectivity index (χ2n) is 7.16. The fourth-order valence-corrected chi connectivity index (χ4v) is 2.78. The molecule has 0 radical (unpaired) electrons. The maximum Gasteiger partial charge on any atom is 0.344 e. The monoisotopic (exact) mass is 407 g/mol. The van der Waals surface area contributed by atoms with E-state index in [0.717, 1.165) is 28.1 Å². The van der Waals surface area contributed by atoms with E-state index in [1.54, 1.807) is 16.8 Å². The first kappa shape index (κ1) is 21.1. The van der Waals surface area contributed by atoms with Gasteiger partial charge in [-0.2, -0.15) is 5.10 Å². The summed E-state index contributed by atoms with van der Waals surface area (Å²) in [7, 11) is 0. The fourth-order valence-electron chi connectivity index (χ4n) is 2.78. The normalized spacial score (nSPS) is 10.5. The Kier molecular flexibility index (Phi) is 6.51. The Bertz CT molecular complexity index is 1050. The predicted molar refractivity (Wildman–Crippen MR) is 114 cm³/mol. The van der Waals surface area contributed by atoms with E-state index in [2.05, 4.69) is 10.4 Å². The van der Waals surface area contributed by atoms with Crippen LogP contribution in [0.25, 0.3) is 5.69 Å². The van der Waals surface area contributed by atoms with Crippen LogP contribution >= 0.6 is 0 Å². The molecule has 1 amide bonds. The predicted octanol–water partition coefficient (Wildman–Crippen LogP) is 3.67. The van der Waals surface area contributed by atoms with E-state index in [1.807, 2.05) is 64.1 Å². The lowest BCUT2D eigenvalue weighted by Gasteiger charge is -2.10. The van der Waals surface area contributed by atoms with Gasteiger partial charge in [-0.1, -0.05) is 23.8 Å². The SMILES string of the molecule is Cc1ccc(-n2nc(C)cc2NC(=O)COC(=O)COc2ccc(C)c(C)c2)cc1. The Morgan fingerprint density at radius 3 is 2.37 bits per heavy atom. The highest BCUT2D eigenvalue weighted by Gasteiger charge is 2.13. The van der Waals surface area contributed by atoms with E-state index >= 15 is 0 Å². The molecule has 0 aliphatic heterocycles. The van der Waals surface area contributed by atoms with Gasteiger partial charge >= 0.3 is 5.97 Å². The highest BCUT2D eigenvalue weighted by atomic mass is 16.6. The number of rotatable bonds is 7. The minimum absolute atomic E-state index is 0.268. The molecule has 3 rings (SSSR count). The van der Waals surface area contributed by atoms with Crippen molar-refractivity contribution in [3.63, 3.8) is 0 Å². The molecule has 0 unspecified atom stereocenters. The first-order valence-electron chi connectivity index (χ1n) is 9.61. The third-order valence-corrected chi connectivity index (χ3v) is 4.58. The molecule has 30 heavy (non-hydrogen) atoms. The van der Waals surface area contributed by atoms with Crippen molar-refractivity contribution in [2.75, 3.05) is 18.5 Å². The summed E-state index contributed by atoms with van der Waals surface area (Å²) in [5.74, 6) is 0.00940. The number of nitrogens with one attached hydrogen (secondary N) is 1. The molecule has 3 aromatic rings. The quantitative estimate of drug-likeness (QED) is 0.605. The number of anilines is 1. The van der Waals surface area contributed by atoms with Crippen molar-refractivity contribution in [1.29, 1.82) is 0 Å². The highest BCUT2D eigenvalue weighted by molar-refractivity contribution is 5.92. The van der Waals surface area contributed by atoms with Gasteiger partial charge in [-0.15, -0.1) is 0 Å². The Hall–Kier alpha value is -3.61. The lowest BCUT2D eigenvalue weighted by Crippen LogP contribution is -2.24. The molecule has 0 aliphatic carbocycles. The zero-order valence-electron chi connectivity index (χ0n) is 17.6. The van der Waals surface area contributed by atoms with Crippen LogP contribution in [0, 0.1) is 27.7 Å². The van der Waals surface area contributed by atoms with E-state index in [9.17, 15) is 9.59 Å². The summed E-state index contributed by atoms with van der Waals surface area (Å²) >= 11 is 0. The number of aromatic nitrogens is 2. The summed E-state index contributed by atoms with van der Waals surface area (Å²) < 4.78 is 12.1. The first-order chi connectivity index (χ1) is 14.3. The molecule has 0 saturated carbocycles. The van der Waals surface area contributed by atoms with Crippen molar-refractivity contribution in [2.45, 2.75) is 27.7 Å².